The fourth-order valence-electron chi connectivity index (χ4n) is 3.48. The predicted octanol–water partition coefficient (Wildman–Crippen LogP) is 0.737. The third kappa shape index (κ3) is 3.34. The summed E-state index contributed by atoms with van der Waals surface area (Å²) < 4.78 is 7.09. The quantitative estimate of drug-likeness (QED) is 0.819. The van der Waals surface area contributed by atoms with E-state index in [9.17, 15) is 4.79 Å². The fourth-order valence-corrected chi connectivity index (χ4v) is 3.48. The molecule has 25 heavy (non-hydrogen) atoms. The number of tetrazole rings is 1. The van der Waals surface area contributed by atoms with Crippen molar-refractivity contribution in [3.05, 3.63) is 30.3 Å². The van der Waals surface area contributed by atoms with Crippen molar-refractivity contribution < 1.29 is 9.53 Å². The average molecular weight is 342 g/mol. The zero-order chi connectivity index (χ0) is 17.1. The molecule has 2 aliphatic heterocycles. The summed E-state index contributed by atoms with van der Waals surface area (Å²) in [4.78, 5) is 16.7. The number of ether oxygens (including phenoxy) is 1. The van der Waals surface area contributed by atoms with Gasteiger partial charge in [0, 0.05) is 32.1 Å². The molecular weight excluding hydrogens is 320 g/mol. The molecule has 4 rings (SSSR count). The maximum Gasteiger partial charge on any atom is 0.250 e. The third-order valence-electron chi connectivity index (χ3n) is 4.90. The predicted molar refractivity (Wildman–Crippen MR) is 91.5 cm³/mol. The lowest BCUT2D eigenvalue weighted by molar-refractivity contribution is -0.140. The van der Waals surface area contributed by atoms with Crippen LogP contribution in [0.1, 0.15) is 12.8 Å². The van der Waals surface area contributed by atoms with Crippen LogP contribution in [-0.2, 0) is 9.53 Å². The molecule has 0 saturated carbocycles. The van der Waals surface area contributed by atoms with Gasteiger partial charge in [-0.25, -0.2) is 0 Å². The van der Waals surface area contributed by atoms with Gasteiger partial charge in [-0.15, -0.1) is 0 Å². The second-order valence-corrected chi connectivity index (χ2v) is 6.43. The maximum atomic E-state index is 12.6. The van der Waals surface area contributed by atoms with Crippen molar-refractivity contribution in [2.45, 2.75) is 12.8 Å². The van der Waals surface area contributed by atoms with Gasteiger partial charge in [-0.3, -0.25) is 4.79 Å². The number of para-hydroxylation sites is 1. The lowest BCUT2D eigenvalue weighted by atomic mass is 9.95. The molecule has 2 saturated heterocycles. The molecule has 0 unspecified atom stereocenters. The van der Waals surface area contributed by atoms with Crippen molar-refractivity contribution >= 4 is 11.9 Å². The maximum absolute atomic E-state index is 12.6. The number of hydrogen-bond donors (Lipinski definition) is 0. The van der Waals surface area contributed by atoms with Gasteiger partial charge in [-0.2, -0.15) is 4.68 Å². The van der Waals surface area contributed by atoms with Crippen LogP contribution < -0.4 is 4.90 Å². The zero-order valence-electron chi connectivity index (χ0n) is 14.1. The van der Waals surface area contributed by atoms with Gasteiger partial charge in [0.1, 0.15) is 0 Å². The Morgan fingerprint density at radius 3 is 2.48 bits per heavy atom. The zero-order valence-corrected chi connectivity index (χ0v) is 14.1. The number of rotatable bonds is 3. The highest BCUT2D eigenvalue weighted by Crippen LogP contribution is 2.24. The largest absolute Gasteiger partial charge is 0.378 e. The van der Waals surface area contributed by atoms with Crippen LogP contribution >= 0.6 is 0 Å². The van der Waals surface area contributed by atoms with Gasteiger partial charge in [0.2, 0.25) is 11.9 Å². The Hall–Kier alpha value is -2.48. The van der Waals surface area contributed by atoms with E-state index in [2.05, 4.69) is 20.4 Å². The van der Waals surface area contributed by atoms with Crippen LogP contribution in [-0.4, -0.2) is 70.4 Å². The Morgan fingerprint density at radius 1 is 1.04 bits per heavy atom. The summed E-state index contributed by atoms with van der Waals surface area (Å²) >= 11 is 0. The number of morpholine rings is 1. The van der Waals surface area contributed by atoms with Crippen molar-refractivity contribution in [3.8, 4) is 5.69 Å². The lowest BCUT2D eigenvalue weighted by Gasteiger charge is -2.35. The van der Waals surface area contributed by atoms with Crippen LogP contribution in [0.3, 0.4) is 0 Å². The van der Waals surface area contributed by atoms with Crippen LogP contribution in [0, 0.1) is 5.92 Å². The van der Waals surface area contributed by atoms with E-state index in [0.717, 1.165) is 37.6 Å². The van der Waals surface area contributed by atoms with Crippen LogP contribution in [0.4, 0.5) is 5.95 Å². The van der Waals surface area contributed by atoms with E-state index >= 15 is 0 Å². The minimum Gasteiger partial charge on any atom is -0.378 e. The smallest absolute Gasteiger partial charge is 0.250 e. The molecule has 0 aliphatic carbocycles. The lowest BCUT2D eigenvalue weighted by Crippen LogP contribution is -2.47. The van der Waals surface area contributed by atoms with Gasteiger partial charge in [0.25, 0.3) is 0 Å². The molecule has 8 nitrogen and oxygen atoms in total. The molecule has 0 radical (unpaired) electrons. The summed E-state index contributed by atoms with van der Waals surface area (Å²) in [5.74, 6) is 1.10. The van der Waals surface area contributed by atoms with E-state index in [1.54, 1.807) is 4.68 Å². The second kappa shape index (κ2) is 7.18. The van der Waals surface area contributed by atoms with Crippen LogP contribution in [0.25, 0.3) is 5.69 Å². The van der Waals surface area contributed by atoms with Crippen molar-refractivity contribution in [3.63, 3.8) is 0 Å². The van der Waals surface area contributed by atoms with E-state index in [1.807, 2.05) is 35.2 Å². The summed E-state index contributed by atoms with van der Waals surface area (Å²) in [7, 11) is 0. The van der Waals surface area contributed by atoms with E-state index in [0.29, 0.717) is 26.3 Å². The molecule has 0 bridgehead atoms. The SMILES string of the molecule is O=C(C1CCN(c2nnnn2-c2ccccc2)CC1)N1CCOCC1. The van der Waals surface area contributed by atoms with Crippen molar-refractivity contribution in [1.29, 1.82) is 0 Å². The second-order valence-electron chi connectivity index (χ2n) is 6.43. The number of carbonyl (C=O) groups is 1. The molecular formula is C17H22N6O2. The van der Waals surface area contributed by atoms with Crippen LogP contribution in [0.15, 0.2) is 30.3 Å². The number of carbonyl (C=O) groups excluding carboxylic acids is 1. The minimum absolute atomic E-state index is 0.0930. The molecule has 0 atom stereocenters. The molecule has 8 heteroatoms. The number of anilines is 1. The number of piperidine rings is 1. The molecule has 2 aromatic rings. The Labute approximate surface area is 146 Å². The monoisotopic (exact) mass is 342 g/mol. The van der Waals surface area contributed by atoms with E-state index in [-0.39, 0.29) is 11.8 Å². The summed E-state index contributed by atoms with van der Waals surface area (Å²) in [6, 6.07) is 9.86. The normalized spacial score (nSPS) is 19.2. The van der Waals surface area contributed by atoms with Gasteiger partial charge >= 0.3 is 0 Å². The molecule has 0 N–H and O–H groups in total. The summed E-state index contributed by atoms with van der Waals surface area (Å²) in [5, 5.41) is 12.1. The van der Waals surface area contributed by atoms with Crippen LogP contribution in [0.2, 0.25) is 0 Å². The highest BCUT2D eigenvalue weighted by atomic mass is 16.5. The highest BCUT2D eigenvalue weighted by Gasteiger charge is 2.31. The van der Waals surface area contributed by atoms with Crippen molar-refractivity contribution in [2.75, 3.05) is 44.3 Å². The van der Waals surface area contributed by atoms with Crippen molar-refractivity contribution in [2.24, 2.45) is 5.92 Å². The first-order valence-corrected chi connectivity index (χ1v) is 8.78. The Morgan fingerprint density at radius 2 is 1.76 bits per heavy atom. The Balaban J connectivity index is 1.41. The van der Waals surface area contributed by atoms with E-state index in [1.165, 1.54) is 0 Å². The molecule has 2 fully saturated rings. The van der Waals surface area contributed by atoms with Gasteiger partial charge in [0.05, 0.1) is 18.9 Å². The van der Waals surface area contributed by atoms with Gasteiger partial charge in [-0.05, 0) is 35.4 Å². The molecule has 1 aromatic carbocycles. The average Bonchev–Trinajstić information content (AvgIpc) is 3.19. The summed E-state index contributed by atoms with van der Waals surface area (Å²) in [6.45, 7) is 4.30. The van der Waals surface area contributed by atoms with E-state index < -0.39 is 0 Å². The minimum atomic E-state index is 0.0930. The number of nitrogens with zero attached hydrogens (tertiary/aromatic N) is 6. The fraction of sp³-hybridized carbons (Fsp3) is 0.529. The van der Waals surface area contributed by atoms with Gasteiger partial charge < -0.3 is 14.5 Å². The first kappa shape index (κ1) is 16.0. The first-order valence-electron chi connectivity index (χ1n) is 8.78. The highest BCUT2D eigenvalue weighted by molar-refractivity contribution is 5.79. The summed E-state index contributed by atoms with van der Waals surface area (Å²) in [5.41, 5.74) is 0.939. The third-order valence-corrected chi connectivity index (χ3v) is 4.90. The number of hydrogen-bond acceptors (Lipinski definition) is 6. The Bertz CT molecular complexity index is 705. The number of amides is 1. The summed E-state index contributed by atoms with van der Waals surface area (Å²) in [6.07, 6.45) is 1.66. The topological polar surface area (TPSA) is 76.4 Å². The molecule has 0 spiro atoms. The molecule has 2 aliphatic rings. The van der Waals surface area contributed by atoms with Gasteiger partial charge in [-0.1, -0.05) is 23.3 Å². The van der Waals surface area contributed by atoms with Crippen molar-refractivity contribution in [1.82, 2.24) is 25.1 Å². The number of aromatic nitrogens is 4. The van der Waals surface area contributed by atoms with E-state index in [4.69, 9.17) is 4.74 Å². The van der Waals surface area contributed by atoms with Gasteiger partial charge in [0.15, 0.2) is 0 Å². The van der Waals surface area contributed by atoms with Crippen LogP contribution in [0.5, 0.6) is 0 Å². The standard InChI is InChI=1S/C17H22N6O2/c24-16(21-10-12-25-13-11-21)14-6-8-22(9-7-14)17-18-19-20-23(17)15-4-2-1-3-5-15/h1-5,14H,6-13H2. The number of benzene rings is 1. The Kier molecular flexibility index (Phi) is 4.60. The first-order chi connectivity index (χ1) is 12.3. The molecule has 1 aromatic heterocycles. The molecule has 132 valence electrons. The molecule has 3 heterocycles. The molecule has 1 amide bonds.